The van der Waals surface area contributed by atoms with Gasteiger partial charge in [-0.3, -0.25) is 4.40 Å². The normalized spacial score (nSPS) is 16.4. The molecule has 0 amide bonds. The Kier molecular flexibility index (Phi) is 1.58. The molecule has 0 aliphatic heterocycles. The summed E-state index contributed by atoms with van der Waals surface area (Å²) in [5.74, 6) is 0. The average molecular weight is 254 g/mol. The molecule has 0 N–H and O–H groups in total. The fourth-order valence-corrected chi connectivity index (χ4v) is 1.85. The van der Waals surface area contributed by atoms with Gasteiger partial charge in [0.25, 0.3) is 0 Å². The third-order valence-electron chi connectivity index (χ3n) is 2.40. The first-order valence-corrected chi connectivity index (χ1v) is 5.31. The predicted octanol–water partition coefficient (Wildman–Crippen LogP) is 1.59. The molecule has 0 atom stereocenters. The summed E-state index contributed by atoms with van der Waals surface area (Å²) in [5.41, 5.74) is 0.672. The van der Waals surface area contributed by atoms with Crippen LogP contribution in [0.15, 0.2) is 27.6 Å². The molecule has 2 aromatic rings. The molecular formula is C9H8BrN3O. The number of hydrogen-bond donors (Lipinski definition) is 0. The van der Waals surface area contributed by atoms with Crippen LogP contribution in [0.3, 0.4) is 0 Å². The Balaban J connectivity index is 2.34. The average Bonchev–Trinajstić information content (AvgIpc) is 2.93. The topological polar surface area (TPSA) is 39.3 Å². The Bertz CT molecular complexity index is 553. The van der Waals surface area contributed by atoms with Gasteiger partial charge in [0, 0.05) is 10.7 Å². The summed E-state index contributed by atoms with van der Waals surface area (Å²) in [4.78, 5) is 11.8. The number of halogens is 1. The fraction of sp³-hybridized carbons (Fsp3) is 0.333. The summed E-state index contributed by atoms with van der Waals surface area (Å²) in [7, 11) is 0. The lowest BCUT2D eigenvalue weighted by atomic mass is 10.5. The van der Waals surface area contributed by atoms with Crippen molar-refractivity contribution in [3.63, 3.8) is 0 Å². The minimum Gasteiger partial charge on any atom is -0.250 e. The van der Waals surface area contributed by atoms with E-state index in [1.807, 2.05) is 12.1 Å². The van der Waals surface area contributed by atoms with Gasteiger partial charge in [-0.05, 0) is 25.0 Å². The first-order chi connectivity index (χ1) is 6.75. The molecular weight excluding hydrogens is 246 g/mol. The van der Waals surface area contributed by atoms with Gasteiger partial charge < -0.3 is 0 Å². The highest BCUT2D eigenvalue weighted by Crippen LogP contribution is 2.32. The van der Waals surface area contributed by atoms with Gasteiger partial charge in [-0.2, -0.15) is 0 Å². The third kappa shape index (κ3) is 1.12. The quantitative estimate of drug-likeness (QED) is 0.775. The molecule has 0 aromatic carbocycles. The fourth-order valence-electron chi connectivity index (χ4n) is 1.52. The van der Waals surface area contributed by atoms with Crippen LogP contribution in [0, 0.1) is 0 Å². The molecule has 1 fully saturated rings. The van der Waals surface area contributed by atoms with E-state index in [1.54, 1.807) is 15.3 Å². The number of aromatic nitrogens is 3. The molecule has 1 aliphatic rings. The molecule has 0 unspecified atom stereocenters. The van der Waals surface area contributed by atoms with Gasteiger partial charge in [-0.25, -0.2) is 9.48 Å². The van der Waals surface area contributed by atoms with Crippen LogP contribution in [0.1, 0.15) is 18.9 Å². The Labute approximate surface area is 88.3 Å². The molecule has 4 nitrogen and oxygen atoms in total. The van der Waals surface area contributed by atoms with Crippen molar-refractivity contribution in [1.82, 2.24) is 14.2 Å². The Morgan fingerprint density at radius 2 is 2.29 bits per heavy atom. The Hall–Kier alpha value is -1.10. The maximum absolute atomic E-state index is 11.8. The van der Waals surface area contributed by atoms with Crippen LogP contribution in [0.25, 0.3) is 5.65 Å². The Morgan fingerprint density at radius 3 is 3.00 bits per heavy atom. The van der Waals surface area contributed by atoms with Crippen molar-refractivity contribution < 1.29 is 0 Å². The molecule has 0 bridgehead atoms. The SMILES string of the molecule is O=c1n(C2CC2)nc2cc(Br)ccn12. The molecule has 1 saturated carbocycles. The lowest BCUT2D eigenvalue weighted by Gasteiger charge is -1.89. The van der Waals surface area contributed by atoms with Gasteiger partial charge in [-0.1, -0.05) is 15.9 Å². The number of nitrogens with zero attached hydrogens (tertiary/aromatic N) is 3. The second kappa shape index (κ2) is 2.70. The first-order valence-electron chi connectivity index (χ1n) is 4.52. The molecule has 5 heteroatoms. The van der Waals surface area contributed by atoms with E-state index in [-0.39, 0.29) is 5.69 Å². The standard InChI is InChI=1S/C9H8BrN3O/c10-6-3-4-12-8(5-6)11-13(9(12)14)7-1-2-7/h3-5,7H,1-2H2. The van der Waals surface area contributed by atoms with Gasteiger partial charge in [0.15, 0.2) is 5.65 Å². The summed E-state index contributed by atoms with van der Waals surface area (Å²) >= 11 is 3.35. The highest BCUT2D eigenvalue weighted by Gasteiger charge is 2.27. The minimum atomic E-state index is -0.0324. The van der Waals surface area contributed by atoms with Gasteiger partial charge in [-0.15, -0.1) is 5.10 Å². The molecule has 3 rings (SSSR count). The molecule has 2 heterocycles. The molecule has 72 valence electrons. The second-order valence-electron chi connectivity index (χ2n) is 3.53. The number of pyridine rings is 1. The molecule has 0 saturated heterocycles. The second-order valence-corrected chi connectivity index (χ2v) is 4.45. The van der Waals surface area contributed by atoms with Crippen molar-refractivity contribution in [2.24, 2.45) is 0 Å². The third-order valence-corrected chi connectivity index (χ3v) is 2.89. The van der Waals surface area contributed by atoms with Crippen molar-refractivity contribution >= 4 is 21.6 Å². The van der Waals surface area contributed by atoms with E-state index in [0.717, 1.165) is 17.3 Å². The largest absolute Gasteiger partial charge is 0.350 e. The van der Waals surface area contributed by atoms with Gasteiger partial charge >= 0.3 is 5.69 Å². The van der Waals surface area contributed by atoms with Crippen molar-refractivity contribution in [2.75, 3.05) is 0 Å². The molecule has 2 aromatic heterocycles. The molecule has 1 aliphatic carbocycles. The van der Waals surface area contributed by atoms with Crippen LogP contribution in [-0.4, -0.2) is 14.2 Å². The van der Waals surface area contributed by atoms with E-state index >= 15 is 0 Å². The van der Waals surface area contributed by atoms with Crippen molar-refractivity contribution in [2.45, 2.75) is 18.9 Å². The smallest absolute Gasteiger partial charge is 0.250 e. The zero-order valence-electron chi connectivity index (χ0n) is 7.35. The number of fused-ring (bicyclic) bond motifs is 1. The molecule has 14 heavy (non-hydrogen) atoms. The van der Waals surface area contributed by atoms with E-state index in [0.29, 0.717) is 11.7 Å². The van der Waals surface area contributed by atoms with E-state index < -0.39 is 0 Å². The van der Waals surface area contributed by atoms with Crippen LogP contribution in [0.2, 0.25) is 0 Å². The number of rotatable bonds is 1. The maximum atomic E-state index is 11.8. The highest BCUT2D eigenvalue weighted by atomic mass is 79.9. The van der Waals surface area contributed by atoms with E-state index in [9.17, 15) is 4.79 Å². The lowest BCUT2D eigenvalue weighted by molar-refractivity contribution is 0.616. The summed E-state index contributed by atoms with van der Waals surface area (Å²) in [5, 5.41) is 4.27. The van der Waals surface area contributed by atoms with Crippen molar-refractivity contribution in [3.05, 3.63) is 33.3 Å². The van der Waals surface area contributed by atoms with Gasteiger partial charge in [0.2, 0.25) is 0 Å². The first kappa shape index (κ1) is 8.23. The van der Waals surface area contributed by atoms with Crippen LogP contribution in [0.5, 0.6) is 0 Å². The van der Waals surface area contributed by atoms with E-state index in [2.05, 4.69) is 21.0 Å². The monoisotopic (exact) mass is 253 g/mol. The minimum absolute atomic E-state index is 0.0324. The van der Waals surface area contributed by atoms with Crippen LogP contribution in [-0.2, 0) is 0 Å². The molecule has 0 spiro atoms. The van der Waals surface area contributed by atoms with Gasteiger partial charge in [0.05, 0.1) is 6.04 Å². The summed E-state index contributed by atoms with van der Waals surface area (Å²) < 4.78 is 4.10. The highest BCUT2D eigenvalue weighted by molar-refractivity contribution is 9.10. The Morgan fingerprint density at radius 1 is 1.50 bits per heavy atom. The van der Waals surface area contributed by atoms with Crippen molar-refractivity contribution in [1.29, 1.82) is 0 Å². The van der Waals surface area contributed by atoms with E-state index in [1.165, 1.54) is 0 Å². The van der Waals surface area contributed by atoms with E-state index in [4.69, 9.17) is 0 Å². The summed E-state index contributed by atoms with van der Waals surface area (Å²) in [6, 6.07) is 4.02. The van der Waals surface area contributed by atoms with Crippen LogP contribution < -0.4 is 5.69 Å². The van der Waals surface area contributed by atoms with Crippen LogP contribution in [0.4, 0.5) is 0 Å². The summed E-state index contributed by atoms with van der Waals surface area (Å²) in [6.45, 7) is 0. The zero-order chi connectivity index (χ0) is 9.71. The number of hydrogen-bond acceptors (Lipinski definition) is 2. The zero-order valence-corrected chi connectivity index (χ0v) is 8.94. The van der Waals surface area contributed by atoms with Gasteiger partial charge in [0.1, 0.15) is 0 Å². The maximum Gasteiger partial charge on any atom is 0.350 e. The molecule has 0 radical (unpaired) electrons. The van der Waals surface area contributed by atoms with Crippen molar-refractivity contribution in [3.8, 4) is 0 Å². The predicted molar refractivity (Wildman–Crippen MR) is 55.4 cm³/mol. The summed E-state index contributed by atoms with van der Waals surface area (Å²) in [6.07, 6.45) is 3.89. The van der Waals surface area contributed by atoms with Crippen LogP contribution >= 0.6 is 15.9 Å². The lowest BCUT2D eigenvalue weighted by Crippen LogP contribution is -2.19.